The van der Waals surface area contributed by atoms with Crippen molar-refractivity contribution in [2.24, 2.45) is 5.92 Å². The summed E-state index contributed by atoms with van der Waals surface area (Å²) in [6.07, 6.45) is 0. The predicted molar refractivity (Wildman–Crippen MR) is 67.4 cm³/mol. The molecule has 1 aromatic carbocycles. The van der Waals surface area contributed by atoms with E-state index in [1.807, 2.05) is 12.1 Å². The van der Waals surface area contributed by atoms with Gasteiger partial charge in [-0.3, -0.25) is 9.36 Å². The molecule has 1 aliphatic heterocycles. The lowest BCUT2D eigenvalue weighted by Gasteiger charge is -2.27. The van der Waals surface area contributed by atoms with E-state index in [0.29, 0.717) is 23.4 Å². The van der Waals surface area contributed by atoms with E-state index in [4.69, 9.17) is 11.6 Å². The van der Waals surface area contributed by atoms with Crippen LogP contribution in [0.5, 0.6) is 0 Å². The minimum Gasteiger partial charge on any atom is -0.316 e. The van der Waals surface area contributed by atoms with Gasteiger partial charge in [0.2, 0.25) is 5.28 Å². The average molecular weight is 250 g/mol. The van der Waals surface area contributed by atoms with Gasteiger partial charge in [-0.05, 0) is 23.7 Å². The van der Waals surface area contributed by atoms with E-state index in [9.17, 15) is 4.79 Å². The highest BCUT2D eigenvalue weighted by Gasteiger charge is 2.19. The van der Waals surface area contributed by atoms with Crippen molar-refractivity contribution in [2.45, 2.75) is 6.54 Å². The van der Waals surface area contributed by atoms with Crippen LogP contribution in [0.3, 0.4) is 0 Å². The monoisotopic (exact) mass is 249 g/mol. The number of fused-ring (bicyclic) bond motifs is 1. The quantitative estimate of drug-likeness (QED) is 0.816. The fraction of sp³-hybridized carbons (Fsp3) is 0.333. The first-order valence-corrected chi connectivity index (χ1v) is 5.99. The third-order valence-electron chi connectivity index (χ3n) is 3.12. The van der Waals surface area contributed by atoms with Gasteiger partial charge >= 0.3 is 0 Å². The van der Waals surface area contributed by atoms with Gasteiger partial charge in [-0.15, -0.1) is 0 Å². The minimum atomic E-state index is -0.0486. The Morgan fingerprint density at radius 3 is 2.88 bits per heavy atom. The Bertz CT molecular complexity index is 619. The average Bonchev–Trinajstić information content (AvgIpc) is 2.26. The molecule has 0 unspecified atom stereocenters. The van der Waals surface area contributed by atoms with Gasteiger partial charge in [0, 0.05) is 25.6 Å². The fourth-order valence-electron chi connectivity index (χ4n) is 2.03. The van der Waals surface area contributed by atoms with Gasteiger partial charge in [-0.25, -0.2) is 4.98 Å². The van der Waals surface area contributed by atoms with Gasteiger partial charge in [0.25, 0.3) is 5.56 Å². The molecule has 1 aliphatic rings. The van der Waals surface area contributed by atoms with Crippen molar-refractivity contribution in [2.75, 3.05) is 13.1 Å². The number of aromatic nitrogens is 2. The molecule has 0 aliphatic carbocycles. The largest absolute Gasteiger partial charge is 0.316 e. The van der Waals surface area contributed by atoms with Crippen LogP contribution in [0, 0.1) is 5.92 Å². The lowest BCUT2D eigenvalue weighted by molar-refractivity contribution is 0.303. The summed E-state index contributed by atoms with van der Waals surface area (Å²) in [5.41, 5.74) is 0.609. The lowest BCUT2D eigenvalue weighted by Crippen LogP contribution is -2.45. The highest BCUT2D eigenvalue weighted by atomic mass is 35.5. The zero-order chi connectivity index (χ0) is 11.8. The van der Waals surface area contributed by atoms with Crippen molar-refractivity contribution < 1.29 is 0 Å². The fourth-order valence-corrected chi connectivity index (χ4v) is 2.27. The highest BCUT2D eigenvalue weighted by molar-refractivity contribution is 6.28. The lowest BCUT2D eigenvalue weighted by atomic mass is 10.0. The molecule has 0 bridgehead atoms. The molecule has 3 rings (SSSR count). The molecular formula is C12H12ClN3O. The van der Waals surface area contributed by atoms with Crippen LogP contribution in [0.4, 0.5) is 0 Å². The van der Waals surface area contributed by atoms with Crippen LogP contribution in [0.1, 0.15) is 0 Å². The van der Waals surface area contributed by atoms with Crippen molar-refractivity contribution in [3.05, 3.63) is 39.9 Å². The standard InChI is InChI=1S/C12H12ClN3O/c13-12-15-10-4-2-1-3-9(10)11(17)16(12)7-8-5-14-6-8/h1-4,8,14H,5-7H2. The van der Waals surface area contributed by atoms with Gasteiger partial charge in [-0.2, -0.15) is 0 Å². The third kappa shape index (κ3) is 1.83. The number of halogens is 1. The number of rotatable bonds is 2. The number of para-hydroxylation sites is 1. The minimum absolute atomic E-state index is 0.0486. The molecule has 88 valence electrons. The molecule has 0 spiro atoms. The Kier molecular flexibility index (Phi) is 2.61. The molecule has 0 atom stereocenters. The zero-order valence-electron chi connectivity index (χ0n) is 9.19. The van der Waals surface area contributed by atoms with E-state index in [0.717, 1.165) is 13.1 Å². The second-order valence-corrected chi connectivity index (χ2v) is 4.68. The Balaban J connectivity index is 2.13. The van der Waals surface area contributed by atoms with Crippen LogP contribution >= 0.6 is 11.6 Å². The molecule has 17 heavy (non-hydrogen) atoms. The van der Waals surface area contributed by atoms with Crippen molar-refractivity contribution in [1.29, 1.82) is 0 Å². The first-order chi connectivity index (χ1) is 8.25. The van der Waals surface area contributed by atoms with Crippen LogP contribution in [0.15, 0.2) is 29.1 Å². The second-order valence-electron chi connectivity index (χ2n) is 4.34. The van der Waals surface area contributed by atoms with E-state index in [-0.39, 0.29) is 10.8 Å². The summed E-state index contributed by atoms with van der Waals surface area (Å²) in [5.74, 6) is 0.480. The summed E-state index contributed by atoms with van der Waals surface area (Å²) in [5, 5.41) is 4.09. The molecule has 1 saturated heterocycles. The maximum absolute atomic E-state index is 12.2. The molecule has 1 fully saturated rings. The van der Waals surface area contributed by atoms with Crippen LogP contribution < -0.4 is 10.9 Å². The summed E-state index contributed by atoms with van der Waals surface area (Å²) in [6, 6.07) is 7.29. The number of hydrogen-bond donors (Lipinski definition) is 1. The van der Waals surface area contributed by atoms with Gasteiger partial charge in [0.15, 0.2) is 0 Å². The number of hydrogen-bond acceptors (Lipinski definition) is 3. The third-order valence-corrected chi connectivity index (χ3v) is 3.41. The van der Waals surface area contributed by atoms with Crippen LogP contribution in [-0.4, -0.2) is 22.6 Å². The predicted octanol–water partition coefficient (Wildman–Crippen LogP) is 1.27. The molecular weight excluding hydrogens is 238 g/mol. The first-order valence-electron chi connectivity index (χ1n) is 5.61. The van der Waals surface area contributed by atoms with E-state index in [1.54, 1.807) is 16.7 Å². The zero-order valence-corrected chi connectivity index (χ0v) is 9.94. The van der Waals surface area contributed by atoms with Gasteiger partial charge in [0.1, 0.15) is 0 Å². The van der Waals surface area contributed by atoms with E-state index in [1.165, 1.54) is 0 Å². The van der Waals surface area contributed by atoms with Crippen LogP contribution in [-0.2, 0) is 6.54 Å². The summed E-state index contributed by atoms with van der Waals surface area (Å²) in [4.78, 5) is 16.5. The molecule has 0 radical (unpaired) electrons. The molecule has 0 saturated carbocycles. The van der Waals surface area contributed by atoms with Crippen LogP contribution in [0.2, 0.25) is 5.28 Å². The van der Waals surface area contributed by atoms with Gasteiger partial charge in [-0.1, -0.05) is 12.1 Å². The molecule has 2 heterocycles. The molecule has 2 aromatic rings. The molecule has 0 amide bonds. The smallest absolute Gasteiger partial charge is 0.262 e. The maximum atomic E-state index is 12.2. The number of nitrogens with one attached hydrogen (secondary N) is 1. The Morgan fingerprint density at radius 1 is 1.41 bits per heavy atom. The van der Waals surface area contributed by atoms with E-state index in [2.05, 4.69) is 10.3 Å². The van der Waals surface area contributed by atoms with Crippen molar-refractivity contribution in [3.63, 3.8) is 0 Å². The van der Waals surface area contributed by atoms with E-state index >= 15 is 0 Å². The van der Waals surface area contributed by atoms with E-state index < -0.39 is 0 Å². The summed E-state index contributed by atoms with van der Waals surface area (Å²) in [6.45, 7) is 2.52. The first kappa shape index (κ1) is 10.7. The highest BCUT2D eigenvalue weighted by Crippen LogP contribution is 2.14. The van der Waals surface area contributed by atoms with Crippen molar-refractivity contribution in [1.82, 2.24) is 14.9 Å². The Morgan fingerprint density at radius 2 is 2.18 bits per heavy atom. The summed E-state index contributed by atoms with van der Waals surface area (Å²) < 4.78 is 1.56. The molecule has 5 heteroatoms. The van der Waals surface area contributed by atoms with Crippen molar-refractivity contribution >= 4 is 22.5 Å². The number of benzene rings is 1. The topological polar surface area (TPSA) is 46.9 Å². The maximum Gasteiger partial charge on any atom is 0.262 e. The summed E-state index contributed by atoms with van der Waals surface area (Å²) >= 11 is 6.07. The Labute approximate surface area is 103 Å². The number of nitrogens with zero attached hydrogens (tertiary/aromatic N) is 2. The molecule has 4 nitrogen and oxygen atoms in total. The summed E-state index contributed by atoms with van der Waals surface area (Å²) in [7, 11) is 0. The van der Waals surface area contributed by atoms with Gasteiger partial charge < -0.3 is 5.32 Å². The van der Waals surface area contributed by atoms with Crippen LogP contribution in [0.25, 0.3) is 10.9 Å². The van der Waals surface area contributed by atoms with Gasteiger partial charge in [0.05, 0.1) is 10.9 Å². The second kappa shape index (κ2) is 4.13. The molecule has 1 aromatic heterocycles. The Hall–Kier alpha value is -1.39. The SMILES string of the molecule is O=c1c2ccccc2nc(Cl)n1CC1CNC1. The molecule has 1 N–H and O–H groups in total. The normalized spacial score (nSPS) is 16.1. The van der Waals surface area contributed by atoms with Crippen molar-refractivity contribution in [3.8, 4) is 0 Å².